The predicted octanol–water partition coefficient (Wildman–Crippen LogP) is 2.60. The van der Waals surface area contributed by atoms with Crippen molar-refractivity contribution in [1.82, 2.24) is 5.32 Å². The van der Waals surface area contributed by atoms with Gasteiger partial charge >= 0.3 is 0 Å². The van der Waals surface area contributed by atoms with Gasteiger partial charge in [0.15, 0.2) is 0 Å². The van der Waals surface area contributed by atoms with Gasteiger partial charge in [0.2, 0.25) is 0 Å². The van der Waals surface area contributed by atoms with E-state index >= 15 is 0 Å². The summed E-state index contributed by atoms with van der Waals surface area (Å²) < 4.78 is 11.2. The molecule has 1 aromatic carbocycles. The Bertz CT molecular complexity index is 354. The molecule has 0 amide bonds. The quantitative estimate of drug-likeness (QED) is 0.851. The zero-order chi connectivity index (χ0) is 12.1. The van der Waals surface area contributed by atoms with Crippen molar-refractivity contribution in [3.8, 4) is 11.5 Å². The van der Waals surface area contributed by atoms with Gasteiger partial charge in [0.25, 0.3) is 0 Å². The molecule has 0 heterocycles. The molecule has 17 heavy (non-hydrogen) atoms. The molecule has 3 nitrogen and oxygen atoms in total. The maximum Gasteiger partial charge on any atom is 0.123 e. The second-order valence-corrected chi connectivity index (χ2v) is 4.43. The highest BCUT2D eigenvalue weighted by Gasteiger charge is 2.28. The molecule has 0 radical (unpaired) electrons. The van der Waals surface area contributed by atoms with Crippen molar-refractivity contribution in [3.63, 3.8) is 0 Å². The molecule has 1 N–H and O–H groups in total. The molecule has 1 saturated carbocycles. The van der Waals surface area contributed by atoms with E-state index in [-0.39, 0.29) is 0 Å². The van der Waals surface area contributed by atoms with Crippen LogP contribution < -0.4 is 14.8 Å². The lowest BCUT2D eigenvalue weighted by Crippen LogP contribution is -2.38. The summed E-state index contributed by atoms with van der Waals surface area (Å²) in [7, 11) is 1.68. The third-order valence-electron chi connectivity index (χ3n) is 3.25. The Hall–Kier alpha value is -1.22. The molecule has 2 atom stereocenters. The molecule has 0 aromatic heterocycles. The summed E-state index contributed by atoms with van der Waals surface area (Å²) in [6.45, 7) is 3.14. The minimum atomic E-state index is 0.294. The lowest BCUT2D eigenvalue weighted by Gasteiger charge is -2.22. The molecule has 1 aliphatic carbocycles. The summed E-state index contributed by atoms with van der Waals surface area (Å²) in [4.78, 5) is 0. The van der Waals surface area contributed by atoms with Gasteiger partial charge in [0.05, 0.1) is 7.11 Å². The fourth-order valence-electron chi connectivity index (χ4n) is 2.41. The lowest BCUT2D eigenvalue weighted by atomic mass is 10.2. The molecule has 2 rings (SSSR count). The summed E-state index contributed by atoms with van der Waals surface area (Å²) >= 11 is 0. The van der Waals surface area contributed by atoms with Crippen molar-refractivity contribution in [2.45, 2.75) is 38.3 Å². The van der Waals surface area contributed by atoms with Crippen LogP contribution in [0.3, 0.4) is 0 Å². The summed E-state index contributed by atoms with van der Waals surface area (Å²) in [6.07, 6.45) is 3.88. The van der Waals surface area contributed by atoms with Gasteiger partial charge in [0.1, 0.15) is 17.6 Å². The van der Waals surface area contributed by atoms with E-state index < -0.39 is 0 Å². The first-order chi connectivity index (χ1) is 8.33. The van der Waals surface area contributed by atoms with Gasteiger partial charge in [-0.25, -0.2) is 0 Å². The SMILES string of the molecule is CCNC1CCCC1Oc1cccc(OC)c1. The number of rotatable bonds is 5. The van der Waals surface area contributed by atoms with Gasteiger partial charge in [-0.15, -0.1) is 0 Å². The Balaban J connectivity index is 1.99. The average molecular weight is 235 g/mol. The summed E-state index contributed by atoms with van der Waals surface area (Å²) in [5.41, 5.74) is 0. The van der Waals surface area contributed by atoms with Gasteiger partial charge in [-0.2, -0.15) is 0 Å². The number of benzene rings is 1. The molecule has 2 unspecified atom stereocenters. The van der Waals surface area contributed by atoms with Crippen LogP contribution in [0.15, 0.2) is 24.3 Å². The van der Waals surface area contributed by atoms with Crippen LogP contribution in [0, 0.1) is 0 Å². The fourth-order valence-corrected chi connectivity index (χ4v) is 2.41. The van der Waals surface area contributed by atoms with Gasteiger partial charge < -0.3 is 14.8 Å². The van der Waals surface area contributed by atoms with E-state index in [1.165, 1.54) is 12.8 Å². The molecule has 1 fully saturated rings. The Labute approximate surface area is 103 Å². The second-order valence-electron chi connectivity index (χ2n) is 4.43. The first-order valence-corrected chi connectivity index (χ1v) is 6.37. The first kappa shape index (κ1) is 12.2. The van der Waals surface area contributed by atoms with Crippen molar-refractivity contribution < 1.29 is 9.47 Å². The van der Waals surface area contributed by atoms with Crippen LogP contribution in [0.2, 0.25) is 0 Å². The minimum absolute atomic E-state index is 0.294. The number of nitrogens with one attached hydrogen (secondary N) is 1. The molecular weight excluding hydrogens is 214 g/mol. The third kappa shape index (κ3) is 3.13. The largest absolute Gasteiger partial charge is 0.497 e. The Morgan fingerprint density at radius 1 is 1.29 bits per heavy atom. The second kappa shape index (κ2) is 5.92. The summed E-state index contributed by atoms with van der Waals surface area (Å²) in [5.74, 6) is 1.75. The van der Waals surface area contributed by atoms with Gasteiger partial charge in [-0.05, 0) is 37.9 Å². The van der Waals surface area contributed by atoms with Crippen LogP contribution in [0.1, 0.15) is 26.2 Å². The van der Waals surface area contributed by atoms with Crippen LogP contribution in [0.25, 0.3) is 0 Å². The molecule has 0 bridgehead atoms. The van der Waals surface area contributed by atoms with Crippen LogP contribution in [0.4, 0.5) is 0 Å². The van der Waals surface area contributed by atoms with Crippen molar-refractivity contribution in [1.29, 1.82) is 0 Å². The molecule has 94 valence electrons. The van der Waals surface area contributed by atoms with Crippen LogP contribution in [0.5, 0.6) is 11.5 Å². The van der Waals surface area contributed by atoms with E-state index in [0.717, 1.165) is 24.5 Å². The van der Waals surface area contributed by atoms with Crippen molar-refractivity contribution in [2.75, 3.05) is 13.7 Å². The zero-order valence-electron chi connectivity index (χ0n) is 10.6. The number of methoxy groups -OCH3 is 1. The maximum atomic E-state index is 6.04. The molecule has 1 aliphatic rings. The zero-order valence-corrected chi connectivity index (χ0v) is 10.6. The van der Waals surface area contributed by atoms with E-state index in [0.29, 0.717) is 12.1 Å². The monoisotopic (exact) mass is 235 g/mol. The van der Waals surface area contributed by atoms with E-state index in [9.17, 15) is 0 Å². The smallest absolute Gasteiger partial charge is 0.123 e. The van der Waals surface area contributed by atoms with Crippen molar-refractivity contribution in [2.24, 2.45) is 0 Å². The average Bonchev–Trinajstić information content (AvgIpc) is 2.78. The van der Waals surface area contributed by atoms with Crippen molar-refractivity contribution >= 4 is 0 Å². The Morgan fingerprint density at radius 3 is 2.88 bits per heavy atom. The number of ether oxygens (including phenoxy) is 2. The Kier molecular flexibility index (Phi) is 4.26. The van der Waals surface area contributed by atoms with Crippen molar-refractivity contribution in [3.05, 3.63) is 24.3 Å². The normalized spacial score (nSPS) is 23.6. The van der Waals surface area contributed by atoms with E-state index in [4.69, 9.17) is 9.47 Å². The maximum absolute atomic E-state index is 6.04. The topological polar surface area (TPSA) is 30.5 Å². The molecule has 0 saturated heterocycles. The van der Waals surface area contributed by atoms with Gasteiger partial charge in [-0.1, -0.05) is 13.0 Å². The molecular formula is C14H21NO2. The highest BCUT2D eigenvalue weighted by atomic mass is 16.5. The minimum Gasteiger partial charge on any atom is -0.497 e. The van der Waals surface area contributed by atoms with E-state index in [1.54, 1.807) is 7.11 Å². The Morgan fingerprint density at radius 2 is 2.12 bits per heavy atom. The first-order valence-electron chi connectivity index (χ1n) is 6.37. The lowest BCUT2D eigenvalue weighted by molar-refractivity contribution is 0.175. The fraction of sp³-hybridized carbons (Fsp3) is 0.571. The van der Waals surface area contributed by atoms with Crippen LogP contribution >= 0.6 is 0 Å². The molecule has 1 aromatic rings. The van der Waals surface area contributed by atoms with E-state index in [1.807, 2.05) is 24.3 Å². The number of hydrogen-bond acceptors (Lipinski definition) is 3. The highest BCUT2D eigenvalue weighted by Crippen LogP contribution is 2.26. The van der Waals surface area contributed by atoms with Crippen LogP contribution in [-0.4, -0.2) is 25.8 Å². The molecule has 3 heteroatoms. The summed E-state index contributed by atoms with van der Waals surface area (Å²) in [5, 5.41) is 3.49. The van der Waals surface area contributed by atoms with Gasteiger partial charge in [0, 0.05) is 12.1 Å². The highest BCUT2D eigenvalue weighted by molar-refractivity contribution is 5.33. The summed E-state index contributed by atoms with van der Waals surface area (Å²) in [6, 6.07) is 8.33. The standard InChI is InChI=1S/C14H21NO2/c1-3-15-13-8-5-9-14(13)17-12-7-4-6-11(10-12)16-2/h4,6-7,10,13-15H,3,5,8-9H2,1-2H3. The third-order valence-corrected chi connectivity index (χ3v) is 3.25. The molecule has 0 aliphatic heterocycles. The van der Waals surface area contributed by atoms with E-state index in [2.05, 4.69) is 12.2 Å². The van der Waals surface area contributed by atoms with Gasteiger partial charge in [-0.3, -0.25) is 0 Å². The number of likely N-dealkylation sites (N-methyl/N-ethyl adjacent to an activating group) is 1. The predicted molar refractivity (Wildman–Crippen MR) is 68.7 cm³/mol. The molecule has 0 spiro atoms. The number of hydrogen-bond donors (Lipinski definition) is 1. The van der Waals surface area contributed by atoms with Crippen LogP contribution in [-0.2, 0) is 0 Å².